The number of imide groups is 1. The molecule has 0 bridgehead atoms. The average Bonchev–Trinajstić information content (AvgIpc) is 3.07. The second-order valence-electron chi connectivity index (χ2n) is 7.79. The highest BCUT2D eigenvalue weighted by Crippen LogP contribution is 2.37. The summed E-state index contributed by atoms with van der Waals surface area (Å²) in [5.74, 6) is -0.816. The van der Waals surface area contributed by atoms with Crippen LogP contribution in [0.3, 0.4) is 0 Å². The smallest absolute Gasteiger partial charge is 0.313 e. The highest BCUT2D eigenvalue weighted by molar-refractivity contribution is 8.14. The second kappa shape index (κ2) is 10.1. The Kier molecular flexibility index (Phi) is 7.53. The van der Waals surface area contributed by atoms with Crippen LogP contribution in [0, 0.1) is 5.41 Å². The molecule has 2 saturated heterocycles. The van der Waals surface area contributed by atoms with Crippen molar-refractivity contribution in [2.45, 2.75) is 39.0 Å². The van der Waals surface area contributed by atoms with Gasteiger partial charge in [-0.25, -0.2) is 0 Å². The molecule has 1 atom stereocenters. The zero-order valence-corrected chi connectivity index (χ0v) is 18.1. The zero-order valence-electron chi connectivity index (χ0n) is 17.3. The van der Waals surface area contributed by atoms with E-state index < -0.39 is 5.41 Å². The number of nitrogens with zero attached hydrogens (tertiary/aromatic N) is 2. The fourth-order valence-electron chi connectivity index (χ4n) is 4.15. The van der Waals surface area contributed by atoms with Crippen LogP contribution in [0.2, 0.25) is 0 Å². The molecule has 0 saturated carbocycles. The number of piperidine rings is 1. The van der Waals surface area contributed by atoms with Crippen LogP contribution in [-0.2, 0) is 25.5 Å². The van der Waals surface area contributed by atoms with Crippen LogP contribution in [0.5, 0.6) is 0 Å². The van der Waals surface area contributed by atoms with Gasteiger partial charge in [0.15, 0.2) is 0 Å². The number of amides is 3. The van der Waals surface area contributed by atoms with Gasteiger partial charge in [0.05, 0.1) is 17.8 Å². The van der Waals surface area contributed by atoms with Crippen LogP contribution in [0.25, 0.3) is 0 Å². The summed E-state index contributed by atoms with van der Waals surface area (Å²) >= 11 is 0.915. The molecule has 0 aliphatic carbocycles. The van der Waals surface area contributed by atoms with Gasteiger partial charge >= 0.3 is 5.97 Å². The molecule has 0 unspecified atom stereocenters. The summed E-state index contributed by atoms with van der Waals surface area (Å²) in [5.41, 5.74) is 0.468. The molecule has 2 heterocycles. The maximum absolute atomic E-state index is 12.9. The Morgan fingerprint density at radius 3 is 2.63 bits per heavy atom. The molecule has 30 heavy (non-hydrogen) atoms. The number of ether oxygens (including phenoxy) is 1. The summed E-state index contributed by atoms with van der Waals surface area (Å²) in [6.45, 7) is 2.60. The van der Waals surface area contributed by atoms with E-state index in [-0.39, 0.29) is 41.9 Å². The van der Waals surface area contributed by atoms with Crippen LogP contribution in [0.15, 0.2) is 30.3 Å². The van der Waals surface area contributed by atoms with E-state index in [0.717, 1.165) is 29.5 Å². The van der Waals surface area contributed by atoms with Crippen molar-refractivity contribution in [3.05, 3.63) is 35.9 Å². The Bertz CT molecular complexity index is 784. The molecule has 0 aromatic heterocycles. The van der Waals surface area contributed by atoms with E-state index in [2.05, 4.69) is 12.1 Å². The van der Waals surface area contributed by atoms with Crippen molar-refractivity contribution in [3.8, 4) is 0 Å². The summed E-state index contributed by atoms with van der Waals surface area (Å²) in [5, 5.41) is -0.384. The number of rotatable bonds is 8. The summed E-state index contributed by atoms with van der Waals surface area (Å²) < 4.78 is 5.38. The lowest BCUT2D eigenvalue weighted by Crippen LogP contribution is -2.53. The quantitative estimate of drug-likeness (QED) is 0.588. The van der Waals surface area contributed by atoms with E-state index in [0.29, 0.717) is 32.4 Å². The van der Waals surface area contributed by atoms with Crippen LogP contribution >= 0.6 is 11.8 Å². The highest BCUT2D eigenvalue weighted by atomic mass is 32.2. The molecule has 0 N–H and O–H groups in total. The molecule has 0 radical (unpaired) electrons. The van der Waals surface area contributed by atoms with Gasteiger partial charge in [0.1, 0.15) is 6.54 Å². The molecule has 2 aliphatic rings. The summed E-state index contributed by atoms with van der Waals surface area (Å²) in [6, 6.07) is 10.1. The molecule has 2 aliphatic heterocycles. The molecule has 1 aromatic rings. The van der Waals surface area contributed by atoms with Crippen molar-refractivity contribution in [1.29, 1.82) is 0 Å². The van der Waals surface area contributed by atoms with Crippen molar-refractivity contribution in [3.63, 3.8) is 0 Å². The Hall–Kier alpha value is -2.35. The molecule has 8 heteroatoms. The minimum Gasteiger partial charge on any atom is -0.466 e. The Balaban J connectivity index is 1.67. The van der Waals surface area contributed by atoms with Gasteiger partial charge in [0, 0.05) is 13.1 Å². The Labute approximate surface area is 181 Å². The molecule has 162 valence electrons. The monoisotopic (exact) mass is 432 g/mol. The average molecular weight is 433 g/mol. The van der Waals surface area contributed by atoms with Crippen molar-refractivity contribution < 1.29 is 23.9 Å². The third kappa shape index (κ3) is 5.22. The first-order valence-corrected chi connectivity index (χ1v) is 11.4. The van der Waals surface area contributed by atoms with E-state index in [4.69, 9.17) is 4.74 Å². The number of carbonyl (C=O) groups is 4. The first-order chi connectivity index (χ1) is 14.4. The Morgan fingerprint density at radius 1 is 1.20 bits per heavy atom. The molecular weight excluding hydrogens is 404 g/mol. The van der Waals surface area contributed by atoms with Gasteiger partial charge < -0.3 is 9.64 Å². The topological polar surface area (TPSA) is 84.0 Å². The third-order valence-corrected chi connectivity index (χ3v) is 6.59. The minimum atomic E-state index is -0.744. The molecule has 0 spiro atoms. The first kappa shape index (κ1) is 22.3. The van der Waals surface area contributed by atoms with E-state index in [9.17, 15) is 19.2 Å². The number of carbonyl (C=O) groups excluding carboxylic acids is 4. The summed E-state index contributed by atoms with van der Waals surface area (Å²) in [4.78, 5) is 52.0. The van der Waals surface area contributed by atoms with Crippen LogP contribution in [0.1, 0.15) is 38.2 Å². The predicted octanol–water partition coefficient (Wildman–Crippen LogP) is 2.88. The van der Waals surface area contributed by atoms with Gasteiger partial charge in [-0.3, -0.25) is 24.1 Å². The van der Waals surface area contributed by atoms with Gasteiger partial charge in [-0.1, -0.05) is 42.1 Å². The molecule has 2 fully saturated rings. The van der Waals surface area contributed by atoms with Gasteiger partial charge in [-0.2, -0.15) is 0 Å². The standard InChI is InChI=1S/C22H28N2O5S/c1-2-29-20(27)22(11-6-10-17-8-4-3-5-9-17)12-7-13-23(16-22)18(25)14-24-19(26)15-30-21(24)28/h3-5,8-9H,2,6-7,10-16H2,1H3/t22-/m0/s1. The maximum atomic E-state index is 12.9. The molecule has 7 nitrogen and oxygen atoms in total. The normalized spacial score (nSPS) is 21.8. The summed E-state index contributed by atoms with van der Waals surface area (Å²) in [6.07, 6.45) is 3.64. The lowest BCUT2D eigenvalue weighted by atomic mass is 9.75. The number of likely N-dealkylation sites (tertiary alicyclic amines) is 1. The molecule has 3 rings (SSSR count). The molecule has 3 amide bonds. The van der Waals surface area contributed by atoms with Crippen molar-refractivity contribution in [2.75, 3.05) is 32.0 Å². The van der Waals surface area contributed by atoms with E-state index >= 15 is 0 Å². The number of hydrogen-bond donors (Lipinski definition) is 0. The fraction of sp³-hybridized carbons (Fsp3) is 0.545. The predicted molar refractivity (Wildman–Crippen MR) is 114 cm³/mol. The number of benzene rings is 1. The van der Waals surface area contributed by atoms with E-state index in [1.165, 1.54) is 5.56 Å². The zero-order chi connectivity index (χ0) is 21.6. The number of hydrogen-bond acceptors (Lipinski definition) is 6. The lowest BCUT2D eigenvalue weighted by molar-refractivity contribution is -0.162. The van der Waals surface area contributed by atoms with Gasteiger partial charge in [0.25, 0.3) is 5.24 Å². The SMILES string of the molecule is CCOC(=O)[C@@]1(CCCc2ccccc2)CCCN(C(=O)CN2C(=O)CSC2=O)C1. The van der Waals surface area contributed by atoms with Crippen LogP contribution in [0.4, 0.5) is 4.79 Å². The highest BCUT2D eigenvalue weighted by Gasteiger charge is 2.45. The maximum Gasteiger partial charge on any atom is 0.313 e. The lowest BCUT2D eigenvalue weighted by Gasteiger charge is -2.41. The molecular formula is C22H28N2O5S. The minimum absolute atomic E-state index is 0.0817. The number of aryl methyl sites for hydroxylation is 1. The van der Waals surface area contributed by atoms with Crippen molar-refractivity contribution in [1.82, 2.24) is 9.80 Å². The van der Waals surface area contributed by atoms with Gasteiger partial charge in [-0.05, 0) is 44.6 Å². The van der Waals surface area contributed by atoms with Crippen molar-refractivity contribution >= 4 is 34.8 Å². The van der Waals surface area contributed by atoms with E-state index in [1.807, 2.05) is 18.2 Å². The second-order valence-corrected chi connectivity index (χ2v) is 8.72. The van der Waals surface area contributed by atoms with Crippen LogP contribution in [-0.4, -0.2) is 64.8 Å². The first-order valence-electron chi connectivity index (χ1n) is 10.4. The van der Waals surface area contributed by atoms with Crippen molar-refractivity contribution in [2.24, 2.45) is 5.41 Å². The number of thioether (sulfide) groups is 1. The van der Waals surface area contributed by atoms with Crippen LogP contribution < -0.4 is 0 Å². The summed E-state index contributed by atoms with van der Waals surface area (Å²) in [7, 11) is 0. The largest absolute Gasteiger partial charge is 0.466 e. The Morgan fingerprint density at radius 2 is 1.97 bits per heavy atom. The number of esters is 1. The fourth-order valence-corrected chi connectivity index (χ4v) is 4.87. The van der Waals surface area contributed by atoms with Gasteiger partial charge in [-0.15, -0.1) is 0 Å². The van der Waals surface area contributed by atoms with E-state index in [1.54, 1.807) is 11.8 Å². The van der Waals surface area contributed by atoms with Gasteiger partial charge in [0.2, 0.25) is 11.8 Å². The molecule has 1 aromatic carbocycles. The third-order valence-electron chi connectivity index (χ3n) is 5.74.